The maximum Gasteiger partial charge on any atom is 0.252 e. The third kappa shape index (κ3) is 2.98. The molecule has 0 bridgehead atoms. The van der Waals surface area contributed by atoms with Crippen molar-refractivity contribution in [2.75, 3.05) is 5.32 Å². The van der Waals surface area contributed by atoms with E-state index in [1.807, 2.05) is 30.3 Å². The number of pyridine rings is 1. The van der Waals surface area contributed by atoms with Crippen LogP contribution in [0.2, 0.25) is 0 Å². The summed E-state index contributed by atoms with van der Waals surface area (Å²) >= 11 is 0. The molecule has 0 radical (unpaired) electrons. The summed E-state index contributed by atoms with van der Waals surface area (Å²) < 4.78 is 5.80. The number of para-hydroxylation sites is 1. The van der Waals surface area contributed by atoms with E-state index in [-0.39, 0.29) is 11.5 Å². The van der Waals surface area contributed by atoms with Crippen molar-refractivity contribution in [1.82, 2.24) is 4.98 Å². The molecular formula is C17H14N2O3. The first-order valence-corrected chi connectivity index (χ1v) is 6.79. The summed E-state index contributed by atoms with van der Waals surface area (Å²) in [6, 6.07) is 15.8. The molecule has 2 N–H and O–H groups in total. The van der Waals surface area contributed by atoms with Gasteiger partial charge in [0.1, 0.15) is 11.5 Å². The number of hydrogen-bond acceptors (Lipinski definition) is 3. The van der Waals surface area contributed by atoms with Crippen LogP contribution in [0.3, 0.4) is 0 Å². The summed E-state index contributed by atoms with van der Waals surface area (Å²) in [7, 11) is 0. The summed E-state index contributed by atoms with van der Waals surface area (Å²) in [5.74, 6) is 0.922. The summed E-state index contributed by atoms with van der Waals surface area (Å²) in [5, 5.41) is 3.43. The minimum atomic E-state index is -0.245. The van der Waals surface area contributed by atoms with Crippen molar-refractivity contribution in [3.63, 3.8) is 0 Å². The highest BCUT2D eigenvalue weighted by molar-refractivity contribution is 5.94. The number of carbonyl (C=O) groups is 1. The average molecular weight is 294 g/mol. The molecule has 0 unspecified atom stereocenters. The lowest BCUT2D eigenvalue weighted by Crippen LogP contribution is -2.07. The Kier molecular flexibility index (Phi) is 3.62. The van der Waals surface area contributed by atoms with Crippen molar-refractivity contribution in [2.45, 2.75) is 6.92 Å². The van der Waals surface area contributed by atoms with Crippen LogP contribution in [0.1, 0.15) is 6.92 Å². The Morgan fingerprint density at radius 1 is 1.09 bits per heavy atom. The first kappa shape index (κ1) is 13.9. The van der Waals surface area contributed by atoms with Gasteiger partial charge in [-0.05, 0) is 30.3 Å². The maximum absolute atomic E-state index is 11.8. The molecule has 0 aliphatic carbocycles. The molecule has 5 heteroatoms. The van der Waals surface area contributed by atoms with Gasteiger partial charge in [0.15, 0.2) is 0 Å². The van der Waals surface area contributed by atoms with Gasteiger partial charge in [-0.2, -0.15) is 0 Å². The van der Waals surface area contributed by atoms with Crippen molar-refractivity contribution >= 4 is 22.5 Å². The summed E-state index contributed by atoms with van der Waals surface area (Å²) in [5.41, 5.74) is 1.04. The Morgan fingerprint density at radius 3 is 2.59 bits per heavy atom. The van der Waals surface area contributed by atoms with E-state index in [9.17, 15) is 9.59 Å². The second-order valence-electron chi connectivity index (χ2n) is 4.85. The van der Waals surface area contributed by atoms with Gasteiger partial charge >= 0.3 is 0 Å². The molecule has 3 aromatic rings. The molecule has 2 aromatic carbocycles. The molecule has 0 spiro atoms. The number of anilines is 1. The lowest BCUT2D eigenvalue weighted by atomic mass is 10.2. The zero-order chi connectivity index (χ0) is 15.5. The Hall–Kier alpha value is -3.08. The predicted octanol–water partition coefficient (Wildman–Crippen LogP) is 3.28. The highest BCUT2D eigenvalue weighted by Gasteiger charge is 2.07. The third-order valence-corrected chi connectivity index (χ3v) is 3.10. The number of amides is 1. The Labute approximate surface area is 126 Å². The molecule has 1 amide bonds. The van der Waals surface area contributed by atoms with Gasteiger partial charge in [0.05, 0.1) is 5.52 Å². The van der Waals surface area contributed by atoms with Crippen LogP contribution in [0.15, 0.2) is 59.4 Å². The van der Waals surface area contributed by atoms with Gasteiger partial charge in [0.25, 0.3) is 5.56 Å². The maximum atomic E-state index is 11.8. The second kappa shape index (κ2) is 5.73. The Balaban J connectivity index is 2.10. The lowest BCUT2D eigenvalue weighted by Gasteiger charge is -2.10. The number of rotatable bonds is 3. The number of aromatic nitrogens is 1. The van der Waals surface area contributed by atoms with E-state index in [4.69, 9.17) is 4.74 Å². The molecule has 0 saturated heterocycles. The quantitative estimate of drug-likeness (QED) is 0.778. The zero-order valence-electron chi connectivity index (χ0n) is 11.9. The minimum absolute atomic E-state index is 0.158. The van der Waals surface area contributed by atoms with Crippen LogP contribution in [0, 0.1) is 0 Å². The van der Waals surface area contributed by atoms with Crippen LogP contribution in [-0.4, -0.2) is 10.9 Å². The fraction of sp³-hybridized carbons (Fsp3) is 0.0588. The number of fused-ring (bicyclic) bond motifs is 1. The number of H-pyrrole nitrogens is 1. The number of ether oxygens (including phenoxy) is 1. The molecule has 110 valence electrons. The molecule has 5 nitrogen and oxygen atoms in total. The van der Waals surface area contributed by atoms with E-state index in [1.54, 1.807) is 18.2 Å². The Morgan fingerprint density at radius 2 is 1.86 bits per heavy atom. The van der Waals surface area contributed by atoms with Gasteiger partial charge in [-0.25, -0.2) is 0 Å². The predicted molar refractivity (Wildman–Crippen MR) is 85.4 cm³/mol. The number of benzene rings is 2. The van der Waals surface area contributed by atoms with Crippen molar-refractivity contribution in [2.24, 2.45) is 0 Å². The van der Waals surface area contributed by atoms with Gasteiger partial charge in [0, 0.05) is 24.1 Å². The second-order valence-corrected chi connectivity index (χ2v) is 4.85. The third-order valence-electron chi connectivity index (χ3n) is 3.10. The van der Waals surface area contributed by atoms with E-state index >= 15 is 0 Å². The van der Waals surface area contributed by atoms with E-state index in [2.05, 4.69) is 10.3 Å². The molecule has 0 aliphatic heterocycles. The standard InChI is InChI=1S/C17H14N2O3/c1-11(20)18-12-7-8-15-14(9-12)16(10-17(21)19-15)22-13-5-3-2-4-6-13/h2-10H,1H3,(H,18,20)(H,19,21). The van der Waals surface area contributed by atoms with E-state index < -0.39 is 0 Å². The minimum Gasteiger partial charge on any atom is -0.456 e. The first-order valence-electron chi connectivity index (χ1n) is 6.79. The molecule has 1 heterocycles. The highest BCUT2D eigenvalue weighted by atomic mass is 16.5. The normalized spacial score (nSPS) is 10.4. The number of carbonyl (C=O) groups excluding carboxylic acids is 1. The topological polar surface area (TPSA) is 71.2 Å². The SMILES string of the molecule is CC(=O)Nc1ccc2[nH]c(=O)cc(Oc3ccccc3)c2c1. The molecule has 0 atom stereocenters. The van der Waals surface area contributed by atoms with E-state index in [1.165, 1.54) is 13.0 Å². The van der Waals surface area contributed by atoms with Crippen LogP contribution in [0.5, 0.6) is 11.5 Å². The smallest absolute Gasteiger partial charge is 0.252 e. The molecule has 0 saturated carbocycles. The monoisotopic (exact) mass is 294 g/mol. The van der Waals surface area contributed by atoms with Gasteiger partial charge < -0.3 is 15.0 Å². The average Bonchev–Trinajstić information content (AvgIpc) is 2.48. The summed E-state index contributed by atoms with van der Waals surface area (Å²) in [6.07, 6.45) is 0. The fourth-order valence-electron chi connectivity index (χ4n) is 2.20. The van der Waals surface area contributed by atoms with Crippen molar-refractivity contribution in [3.05, 3.63) is 65.0 Å². The van der Waals surface area contributed by atoms with Gasteiger partial charge in [-0.3, -0.25) is 9.59 Å². The van der Waals surface area contributed by atoms with Gasteiger partial charge in [-0.1, -0.05) is 18.2 Å². The van der Waals surface area contributed by atoms with Crippen LogP contribution < -0.4 is 15.6 Å². The number of aromatic amines is 1. The van der Waals surface area contributed by atoms with E-state index in [0.29, 0.717) is 22.7 Å². The summed E-state index contributed by atoms with van der Waals surface area (Å²) in [6.45, 7) is 1.44. The van der Waals surface area contributed by atoms with Crippen molar-refractivity contribution in [1.29, 1.82) is 0 Å². The van der Waals surface area contributed by atoms with Gasteiger partial charge in [-0.15, -0.1) is 0 Å². The van der Waals surface area contributed by atoms with Crippen LogP contribution in [-0.2, 0) is 4.79 Å². The molecular weight excluding hydrogens is 280 g/mol. The largest absolute Gasteiger partial charge is 0.456 e. The number of hydrogen-bond donors (Lipinski definition) is 2. The highest BCUT2D eigenvalue weighted by Crippen LogP contribution is 2.29. The first-order chi connectivity index (χ1) is 10.6. The van der Waals surface area contributed by atoms with Crippen LogP contribution >= 0.6 is 0 Å². The molecule has 22 heavy (non-hydrogen) atoms. The molecule has 0 aliphatic rings. The summed E-state index contributed by atoms with van der Waals surface area (Å²) in [4.78, 5) is 25.7. The van der Waals surface area contributed by atoms with Crippen molar-refractivity contribution in [3.8, 4) is 11.5 Å². The Bertz CT molecular complexity index is 885. The molecule has 0 fully saturated rings. The molecule has 3 rings (SSSR count). The fourth-order valence-corrected chi connectivity index (χ4v) is 2.20. The van der Waals surface area contributed by atoms with Crippen LogP contribution in [0.25, 0.3) is 10.9 Å². The molecule has 1 aromatic heterocycles. The lowest BCUT2D eigenvalue weighted by molar-refractivity contribution is -0.114. The zero-order valence-corrected chi connectivity index (χ0v) is 11.9. The van der Waals surface area contributed by atoms with E-state index in [0.717, 1.165) is 5.39 Å². The van der Waals surface area contributed by atoms with Crippen molar-refractivity contribution < 1.29 is 9.53 Å². The van der Waals surface area contributed by atoms with Crippen LogP contribution in [0.4, 0.5) is 5.69 Å². The number of nitrogens with one attached hydrogen (secondary N) is 2. The van der Waals surface area contributed by atoms with Gasteiger partial charge in [0.2, 0.25) is 5.91 Å².